The van der Waals surface area contributed by atoms with Gasteiger partial charge in [-0.3, -0.25) is 9.59 Å². The largest absolute Gasteiger partial charge is 0.481 e. The van der Waals surface area contributed by atoms with E-state index >= 15 is 0 Å². The summed E-state index contributed by atoms with van der Waals surface area (Å²) in [6.07, 6.45) is 3.01. The fourth-order valence-corrected chi connectivity index (χ4v) is 4.39. The molecule has 1 N–H and O–H groups in total. The minimum Gasteiger partial charge on any atom is -0.481 e. The average molecular weight is 368 g/mol. The number of hydrogen-bond donors (Lipinski definition) is 1. The van der Waals surface area contributed by atoms with Crippen molar-refractivity contribution in [3.8, 4) is 0 Å². The molecule has 0 radical (unpaired) electrons. The van der Waals surface area contributed by atoms with Crippen LogP contribution in [-0.4, -0.2) is 35.0 Å². The number of nitrogens with zero attached hydrogens (tertiary/aromatic N) is 1. The highest BCUT2D eigenvalue weighted by Gasteiger charge is 2.51. The molecule has 4 nitrogen and oxygen atoms in total. The van der Waals surface area contributed by atoms with Gasteiger partial charge in [0, 0.05) is 19.0 Å². The normalized spacial score (nSPS) is 32.0. The monoisotopic (exact) mass is 367 g/mol. The van der Waals surface area contributed by atoms with Gasteiger partial charge < -0.3 is 10.0 Å². The summed E-state index contributed by atoms with van der Waals surface area (Å²) in [4.78, 5) is 26.0. The third-order valence-electron chi connectivity index (χ3n) is 5.70. The van der Waals surface area contributed by atoms with Crippen LogP contribution in [0.4, 0.5) is 0 Å². The molecule has 3 aliphatic rings. The van der Waals surface area contributed by atoms with E-state index in [2.05, 4.69) is 0 Å². The quantitative estimate of drug-likeness (QED) is 0.882. The topological polar surface area (TPSA) is 57.6 Å². The summed E-state index contributed by atoms with van der Waals surface area (Å²) in [6.45, 7) is 0.963. The number of aliphatic carboxylic acids is 1. The lowest BCUT2D eigenvalue weighted by Gasteiger charge is -2.16. The molecule has 1 saturated heterocycles. The lowest BCUT2D eigenvalue weighted by atomic mass is 9.92. The number of carboxylic acid groups (broad SMARTS) is 1. The van der Waals surface area contributed by atoms with Crippen molar-refractivity contribution in [2.24, 2.45) is 23.7 Å². The van der Waals surface area contributed by atoms with Crippen LogP contribution in [-0.2, 0) is 9.59 Å². The number of halogens is 2. The highest BCUT2D eigenvalue weighted by atomic mass is 35.5. The number of carboxylic acids is 1. The predicted molar refractivity (Wildman–Crippen MR) is 91.2 cm³/mol. The molecule has 128 valence electrons. The van der Waals surface area contributed by atoms with E-state index in [9.17, 15) is 14.7 Å². The molecule has 0 spiro atoms. The molecule has 1 amide bonds. The molecule has 1 heterocycles. The zero-order valence-corrected chi connectivity index (χ0v) is 14.6. The number of carbonyl (C=O) groups excluding carboxylic acids is 1. The Morgan fingerprint density at radius 1 is 1.08 bits per heavy atom. The zero-order chi connectivity index (χ0) is 17.0. The van der Waals surface area contributed by atoms with Gasteiger partial charge in [0.05, 0.1) is 16.0 Å². The first kappa shape index (κ1) is 16.2. The molecule has 2 aliphatic carbocycles. The highest BCUT2D eigenvalue weighted by molar-refractivity contribution is 6.42. The molecule has 1 aromatic carbocycles. The number of hydrogen-bond acceptors (Lipinski definition) is 2. The lowest BCUT2D eigenvalue weighted by Crippen LogP contribution is -2.31. The van der Waals surface area contributed by atoms with E-state index in [1.165, 1.54) is 0 Å². The summed E-state index contributed by atoms with van der Waals surface area (Å²) in [6, 6.07) is 5.51. The third-order valence-corrected chi connectivity index (χ3v) is 6.44. The SMILES string of the molecule is O=C(O)[C@H]1CN(C(=O)C2CC2c2ccc(Cl)c(Cl)c2)C[C@@H]1C1CC1. The summed E-state index contributed by atoms with van der Waals surface area (Å²) in [5.74, 6) is -0.309. The Hall–Kier alpha value is -1.26. The molecule has 0 aromatic heterocycles. The van der Waals surface area contributed by atoms with Gasteiger partial charge in [0.25, 0.3) is 0 Å². The summed E-state index contributed by atoms with van der Waals surface area (Å²) < 4.78 is 0. The van der Waals surface area contributed by atoms with Crippen molar-refractivity contribution in [3.05, 3.63) is 33.8 Å². The van der Waals surface area contributed by atoms with Crippen molar-refractivity contribution in [1.29, 1.82) is 0 Å². The van der Waals surface area contributed by atoms with Crippen molar-refractivity contribution in [1.82, 2.24) is 4.90 Å². The van der Waals surface area contributed by atoms with Crippen LogP contribution >= 0.6 is 23.2 Å². The van der Waals surface area contributed by atoms with Crippen LogP contribution < -0.4 is 0 Å². The Morgan fingerprint density at radius 2 is 1.83 bits per heavy atom. The molecule has 6 heteroatoms. The molecule has 4 rings (SSSR count). The third kappa shape index (κ3) is 2.91. The maximum Gasteiger partial charge on any atom is 0.308 e. The molecule has 2 saturated carbocycles. The molecule has 2 unspecified atom stereocenters. The van der Waals surface area contributed by atoms with Crippen LogP contribution in [0.5, 0.6) is 0 Å². The van der Waals surface area contributed by atoms with Gasteiger partial charge >= 0.3 is 5.97 Å². The van der Waals surface area contributed by atoms with Gasteiger partial charge in [-0.15, -0.1) is 0 Å². The smallest absolute Gasteiger partial charge is 0.308 e. The second-order valence-corrected chi connectivity index (χ2v) is 8.13. The second-order valence-electron chi connectivity index (χ2n) is 7.31. The van der Waals surface area contributed by atoms with Crippen LogP contribution in [0.3, 0.4) is 0 Å². The summed E-state index contributed by atoms with van der Waals surface area (Å²) in [5, 5.41) is 10.5. The maximum atomic E-state index is 12.8. The van der Waals surface area contributed by atoms with Crippen LogP contribution in [0.15, 0.2) is 18.2 Å². The van der Waals surface area contributed by atoms with E-state index in [0.717, 1.165) is 24.8 Å². The highest BCUT2D eigenvalue weighted by Crippen LogP contribution is 2.51. The van der Waals surface area contributed by atoms with E-state index in [1.54, 1.807) is 11.0 Å². The Balaban J connectivity index is 1.43. The number of likely N-dealkylation sites (tertiary alicyclic amines) is 1. The predicted octanol–water partition coefficient (Wildman–Crippen LogP) is 3.67. The first-order chi connectivity index (χ1) is 11.5. The van der Waals surface area contributed by atoms with Crippen molar-refractivity contribution in [3.63, 3.8) is 0 Å². The summed E-state index contributed by atoms with van der Waals surface area (Å²) >= 11 is 12.0. The molecule has 0 bridgehead atoms. The van der Waals surface area contributed by atoms with Crippen molar-refractivity contribution in [2.45, 2.75) is 25.2 Å². The van der Waals surface area contributed by atoms with E-state index in [0.29, 0.717) is 29.1 Å². The Labute approximate surface area is 150 Å². The number of rotatable bonds is 4. The standard InChI is InChI=1S/C18H19Cl2NO3/c19-15-4-3-10(5-16(15)20)11-6-12(11)17(22)21-7-13(9-1-2-9)14(8-21)18(23)24/h3-5,9,11-14H,1-2,6-8H2,(H,23,24)/t11?,12?,13-,14+/m1/s1. The molecular formula is C18H19Cl2NO3. The molecule has 3 fully saturated rings. The summed E-state index contributed by atoms with van der Waals surface area (Å²) in [7, 11) is 0. The van der Waals surface area contributed by atoms with Crippen molar-refractivity contribution in [2.75, 3.05) is 13.1 Å². The van der Waals surface area contributed by atoms with Crippen molar-refractivity contribution < 1.29 is 14.7 Å². The minimum absolute atomic E-state index is 0.0466. The van der Waals surface area contributed by atoms with Gasteiger partial charge in [0.15, 0.2) is 0 Å². The van der Waals surface area contributed by atoms with Crippen LogP contribution in [0, 0.1) is 23.7 Å². The number of amides is 1. The second kappa shape index (κ2) is 5.92. The molecule has 4 atom stereocenters. The number of benzene rings is 1. The van der Waals surface area contributed by atoms with Gasteiger partial charge in [0.1, 0.15) is 0 Å². The van der Waals surface area contributed by atoms with Gasteiger partial charge in [-0.05, 0) is 54.7 Å². The molecule has 1 aliphatic heterocycles. The van der Waals surface area contributed by atoms with E-state index in [-0.39, 0.29) is 23.7 Å². The lowest BCUT2D eigenvalue weighted by molar-refractivity contribution is -0.142. The summed E-state index contributed by atoms with van der Waals surface area (Å²) in [5.41, 5.74) is 1.04. The Morgan fingerprint density at radius 3 is 2.46 bits per heavy atom. The fraction of sp³-hybridized carbons (Fsp3) is 0.556. The van der Waals surface area contributed by atoms with E-state index < -0.39 is 11.9 Å². The molecule has 24 heavy (non-hydrogen) atoms. The van der Waals surface area contributed by atoms with Crippen LogP contribution in [0.2, 0.25) is 10.0 Å². The van der Waals surface area contributed by atoms with Gasteiger partial charge in [-0.2, -0.15) is 0 Å². The Kier molecular flexibility index (Phi) is 4.00. The molecule has 1 aromatic rings. The Bertz CT molecular complexity index is 704. The van der Waals surface area contributed by atoms with Gasteiger partial charge in [-0.1, -0.05) is 29.3 Å². The average Bonchev–Trinajstić information content (AvgIpc) is 3.46. The first-order valence-corrected chi connectivity index (χ1v) is 9.18. The minimum atomic E-state index is -0.765. The van der Waals surface area contributed by atoms with Crippen LogP contribution in [0.1, 0.15) is 30.7 Å². The van der Waals surface area contributed by atoms with E-state index in [4.69, 9.17) is 23.2 Å². The fourth-order valence-electron chi connectivity index (χ4n) is 4.09. The number of carbonyl (C=O) groups is 2. The first-order valence-electron chi connectivity index (χ1n) is 8.42. The van der Waals surface area contributed by atoms with Crippen molar-refractivity contribution >= 4 is 35.1 Å². The van der Waals surface area contributed by atoms with E-state index in [1.807, 2.05) is 12.1 Å². The van der Waals surface area contributed by atoms with Crippen LogP contribution in [0.25, 0.3) is 0 Å². The molecular weight excluding hydrogens is 349 g/mol. The van der Waals surface area contributed by atoms with Gasteiger partial charge in [-0.25, -0.2) is 0 Å². The van der Waals surface area contributed by atoms with Gasteiger partial charge in [0.2, 0.25) is 5.91 Å². The maximum absolute atomic E-state index is 12.8. The zero-order valence-electron chi connectivity index (χ0n) is 13.1.